The molecule has 1 saturated carbocycles. The van der Waals surface area contributed by atoms with E-state index in [9.17, 15) is 9.90 Å². The zero-order valence-electron chi connectivity index (χ0n) is 20.6. The van der Waals surface area contributed by atoms with E-state index in [2.05, 4.69) is 13.8 Å². The molecule has 182 valence electrons. The van der Waals surface area contributed by atoms with Crippen LogP contribution in [-0.2, 0) is 14.3 Å². The summed E-state index contributed by atoms with van der Waals surface area (Å²) in [6, 6.07) is 7.69. The Balaban J connectivity index is 1.82. The minimum absolute atomic E-state index is 0.156. The smallest absolute Gasteiger partial charge is 0.335 e. The summed E-state index contributed by atoms with van der Waals surface area (Å²) in [5.74, 6) is 1.90. The van der Waals surface area contributed by atoms with Gasteiger partial charge in [-0.05, 0) is 63.1 Å². The number of carboxylic acid groups (broad SMARTS) is 1. The van der Waals surface area contributed by atoms with Gasteiger partial charge >= 0.3 is 5.97 Å². The molecule has 1 N–H and O–H groups in total. The number of rotatable bonds is 10. The van der Waals surface area contributed by atoms with E-state index in [0.29, 0.717) is 12.5 Å². The highest BCUT2D eigenvalue weighted by Gasteiger charge is 2.36. The molecule has 33 heavy (non-hydrogen) atoms. The maximum atomic E-state index is 11.4. The average molecular weight is 460 g/mol. The molecule has 0 aliphatic heterocycles. The molecule has 1 unspecified atom stereocenters. The third-order valence-corrected chi connectivity index (χ3v) is 6.49. The van der Waals surface area contributed by atoms with Crippen molar-refractivity contribution in [2.75, 3.05) is 20.8 Å². The summed E-state index contributed by atoms with van der Waals surface area (Å²) in [5, 5.41) is 9.34. The average Bonchev–Trinajstić information content (AvgIpc) is 3.24. The molecule has 1 aliphatic carbocycles. The molecule has 7 heteroatoms. The van der Waals surface area contributed by atoms with Crippen LogP contribution in [0.2, 0.25) is 0 Å². The zero-order chi connectivity index (χ0) is 24.2. The molecule has 1 aromatic heterocycles. The number of aromatic nitrogens is 1. The molecule has 0 radical (unpaired) electrons. The molecular formula is C26H37NO6. The molecular weight excluding hydrogens is 422 g/mol. The van der Waals surface area contributed by atoms with E-state index in [1.165, 1.54) is 0 Å². The van der Waals surface area contributed by atoms with E-state index in [-0.39, 0.29) is 23.9 Å². The summed E-state index contributed by atoms with van der Waals surface area (Å²) < 4.78 is 23.4. The van der Waals surface area contributed by atoms with Crippen LogP contribution >= 0.6 is 0 Å². The zero-order valence-corrected chi connectivity index (χ0v) is 20.6. The number of hydrogen-bond acceptors (Lipinski definition) is 6. The fourth-order valence-corrected chi connectivity index (χ4v) is 4.51. The second kappa shape index (κ2) is 10.7. The Labute approximate surface area is 196 Å². The van der Waals surface area contributed by atoms with Gasteiger partial charge in [-0.3, -0.25) is 0 Å². The van der Waals surface area contributed by atoms with Crippen LogP contribution in [0.1, 0.15) is 76.9 Å². The van der Waals surface area contributed by atoms with Gasteiger partial charge in [0.2, 0.25) is 5.89 Å². The molecule has 0 spiro atoms. The van der Waals surface area contributed by atoms with Gasteiger partial charge in [0.25, 0.3) is 0 Å². The predicted octanol–water partition coefficient (Wildman–Crippen LogP) is 5.85. The van der Waals surface area contributed by atoms with Crippen molar-refractivity contribution in [1.29, 1.82) is 0 Å². The van der Waals surface area contributed by atoms with Crippen molar-refractivity contribution in [3.05, 3.63) is 35.7 Å². The highest BCUT2D eigenvalue weighted by atomic mass is 16.5. The maximum Gasteiger partial charge on any atom is 0.335 e. The normalized spacial score (nSPS) is 20.1. The van der Waals surface area contributed by atoms with Gasteiger partial charge in [0.15, 0.2) is 5.60 Å². The number of nitrogens with zero attached hydrogens (tertiary/aromatic N) is 1. The Morgan fingerprint density at radius 1 is 1.27 bits per heavy atom. The SMILES string of the molecule is COc1cccc(-c2nc(C(OC)[C@H]3CCC[C@@H](COC(C)(C)C(=O)O)C3)c(C(C)C)o2)c1. The lowest BCUT2D eigenvalue weighted by Gasteiger charge is -2.34. The second-order valence-electron chi connectivity index (χ2n) is 9.73. The monoisotopic (exact) mass is 459 g/mol. The summed E-state index contributed by atoms with van der Waals surface area (Å²) in [4.78, 5) is 16.3. The molecule has 7 nitrogen and oxygen atoms in total. The van der Waals surface area contributed by atoms with Crippen molar-refractivity contribution in [2.45, 2.75) is 71.0 Å². The second-order valence-corrected chi connectivity index (χ2v) is 9.73. The summed E-state index contributed by atoms with van der Waals surface area (Å²) in [7, 11) is 3.36. The van der Waals surface area contributed by atoms with E-state index in [1.807, 2.05) is 24.3 Å². The van der Waals surface area contributed by atoms with Crippen LogP contribution in [0.3, 0.4) is 0 Å². The lowest BCUT2D eigenvalue weighted by molar-refractivity contribution is -0.163. The summed E-state index contributed by atoms with van der Waals surface area (Å²) in [5.41, 5.74) is 0.529. The van der Waals surface area contributed by atoms with E-state index in [1.54, 1.807) is 28.1 Å². The van der Waals surface area contributed by atoms with Crippen molar-refractivity contribution >= 4 is 5.97 Å². The highest BCUT2D eigenvalue weighted by Crippen LogP contribution is 2.42. The Bertz CT molecular complexity index is 935. The third-order valence-electron chi connectivity index (χ3n) is 6.49. The van der Waals surface area contributed by atoms with E-state index in [4.69, 9.17) is 23.6 Å². The minimum Gasteiger partial charge on any atom is -0.497 e. The van der Waals surface area contributed by atoms with Gasteiger partial charge in [0, 0.05) is 18.6 Å². The van der Waals surface area contributed by atoms with Crippen molar-refractivity contribution < 1.29 is 28.5 Å². The van der Waals surface area contributed by atoms with Crippen LogP contribution in [0.4, 0.5) is 0 Å². The molecule has 0 bridgehead atoms. The Morgan fingerprint density at radius 2 is 2.03 bits per heavy atom. The van der Waals surface area contributed by atoms with E-state index >= 15 is 0 Å². The number of carboxylic acids is 1. The van der Waals surface area contributed by atoms with Crippen molar-refractivity contribution in [3.8, 4) is 17.2 Å². The predicted molar refractivity (Wildman–Crippen MR) is 125 cm³/mol. The quantitative estimate of drug-likeness (QED) is 0.477. The molecule has 2 aromatic rings. The van der Waals surface area contributed by atoms with Crippen LogP contribution < -0.4 is 4.74 Å². The third kappa shape index (κ3) is 5.95. The molecule has 1 aromatic carbocycles. The standard InChI is InChI=1S/C26H37NO6/c1-16(2)22-21(27-24(33-22)19-11-8-12-20(14-19)30-5)23(31-6)18-10-7-9-17(13-18)15-32-26(3,4)25(28)29/h8,11-12,14,16-18,23H,7,9-10,13,15H2,1-6H3,(H,28,29)/t17-,18+,23?/m1/s1. The molecule has 0 saturated heterocycles. The lowest BCUT2D eigenvalue weighted by atomic mass is 9.77. The lowest BCUT2D eigenvalue weighted by Crippen LogP contribution is -2.37. The summed E-state index contributed by atoms with van der Waals surface area (Å²) in [6.07, 6.45) is 3.79. The number of ether oxygens (including phenoxy) is 3. The summed E-state index contributed by atoms with van der Waals surface area (Å²) in [6.45, 7) is 7.81. The molecule has 1 aliphatic rings. The summed E-state index contributed by atoms with van der Waals surface area (Å²) >= 11 is 0. The number of aliphatic carboxylic acids is 1. The topological polar surface area (TPSA) is 91.0 Å². The molecule has 1 fully saturated rings. The molecule has 3 rings (SSSR count). The fourth-order valence-electron chi connectivity index (χ4n) is 4.51. The first-order valence-electron chi connectivity index (χ1n) is 11.7. The number of oxazole rings is 1. The van der Waals surface area contributed by atoms with Crippen molar-refractivity contribution in [2.24, 2.45) is 11.8 Å². The molecule has 0 amide bonds. The van der Waals surface area contributed by atoms with Crippen LogP contribution in [0.15, 0.2) is 28.7 Å². The van der Waals surface area contributed by atoms with Gasteiger partial charge in [-0.25, -0.2) is 9.78 Å². The minimum atomic E-state index is -1.18. The number of benzene rings is 1. The van der Waals surface area contributed by atoms with Gasteiger partial charge in [-0.1, -0.05) is 26.3 Å². The van der Waals surface area contributed by atoms with E-state index < -0.39 is 11.6 Å². The van der Waals surface area contributed by atoms with Crippen LogP contribution in [0, 0.1) is 11.8 Å². The van der Waals surface area contributed by atoms with Crippen LogP contribution in [0.5, 0.6) is 5.75 Å². The van der Waals surface area contributed by atoms with Crippen molar-refractivity contribution in [1.82, 2.24) is 4.98 Å². The van der Waals surface area contributed by atoms with Gasteiger partial charge in [-0.15, -0.1) is 0 Å². The van der Waals surface area contributed by atoms with Gasteiger partial charge in [0.05, 0.1) is 13.7 Å². The molecule has 3 atom stereocenters. The van der Waals surface area contributed by atoms with Crippen LogP contribution in [-0.4, -0.2) is 42.5 Å². The van der Waals surface area contributed by atoms with E-state index in [0.717, 1.165) is 48.5 Å². The van der Waals surface area contributed by atoms with Gasteiger partial charge < -0.3 is 23.7 Å². The Kier molecular flexibility index (Phi) is 8.19. The first-order valence-corrected chi connectivity index (χ1v) is 11.7. The van der Waals surface area contributed by atoms with Crippen LogP contribution in [0.25, 0.3) is 11.5 Å². The number of carbonyl (C=O) groups is 1. The largest absolute Gasteiger partial charge is 0.497 e. The first-order chi connectivity index (χ1) is 15.7. The van der Waals surface area contributed by atoms with Gasteiger partial charge in [-0.2, -0.15) is 0 Å². The first kappa shape index (κ1) is 25.2. The number of hydrogen-bond donors (Lipinski definition) is 1. The van der Waals surface area contributed by atoms with Gasteiger partial charge in [0.1, 0.15) is 23.3 Å². The molecule has 1 heterocycles. The Morgan fingerprint density at radius 3 is 2.67 bits per heavy atom. The maximum absolute atomic E-state index is 11.4. The highest BCUT2D eigenvalue weighted by molar-refractivity contribution is 5.76. The number of methoxy groups -OCH3 is 2. The Hall–Kier alpha value is -2.38. The van der Waals surface area contributed by atoms with Crippen molar-refractivity contribution in [3.63, 3.8) is 0 Å². The fraction of sp³-hybridized carbons (Fsp3) is 0.615.